The highest BCUT2D eigenvalue weighted by Gasteiger charge is 2.36. The largest absolute Gasteiger partial charge is 0.355 e. The zero-order valence-corrected chi connectivity index (χ0v) is 13.5. The molecule has 22 heavy (non-hydrogen) atoms. The van der Waals surface area contributed by atoms with Crippen LogP contribution in [-0.2, 0) is 16.8 Å². The molecule has 1 N–H and O–H groups in total. The van der Waals surface area contributed by atoms with Crippen LogP contribution >= 0.6 is 11.3 Å². The van der Waals surface area contributed by atoms with Crippen LogP contribution in [0.2, 0.25) is 0 Å². The summed E-state index contributed by atoms with van der Waals surface area (Å²) in [6, 6.07) is 4.33. The highest BCUT2D eigenvalue weighted by atomic mass is 32.1. The van der Waals surface area contributed by atoms with Gasteiger partial charge < -0.3 is 5.32 Å². The molecule has 0 bridgehead atoms. The van der Waals surface area contributed by atoms with E-state index in [1.807, 2.05) is 11.3 Å². The van der Waals surface area contributed by atoms with Crippen LogP contribution in [0.25, 0.3) is 0 Å². The van der Waals surface area contributed by atoms with Crippen LogP contribution in [0, 0.1) is 0 Å². The van der Waals surface area contributed by atoms with Crippen molar-refractivity contribution in [2.24, 2.45) is 0 Å². The number of amides is 1. The van der Waals surface area contributed by atoms with Gasteiger partial charge in [-0.2, -0.15) is 5.10 Å². The van der Waals surface area contributed by atoms with E-state index in [1.165, 1.54) is 36.9 Å². The minimum absolute atomic E-state index is 0.142. The fraction of sp³-hybridized carbons (Fsp3) is 0.562. The molecule has 1 aliphatic carbocycles. The molecule has 5 nitrogen and oxygen atoms in total. The number of thiophene rings is 1. The Kier molecular flexibility index (Phi) is 4.87. The molecule has 6 heteroatoms. The van der Waals surface area contributed by atoms with E-state index >= 15 is 0 Å². The van der Waals surface area contributed by atoms with Gasteiger partial charge in [0.15, 0.2) is 0 Å². The summed E-state index contributed by atoms with van der Waals surface area (Å²) in [6.07, 6.45) is 9.44. The van der Waals surface area contributed by atoms with Gasteiger partial charge in [0.2, 0.25) is 5.91 Å². The molecule has 1 amide bonds. The first-order valence-electron chi connectivity index (χ1n) is 7.92. The van der Waals surface area contributed by atoms with Crippen molar-refractivity contribution >= 4 is 17.2 Å². The number of aryl methyl sites for hydroxylation is 1. The standard InChI is InChI=1S/C16H22N4OS/c21-15(6-3-9-20-13-17-12-19-20)18-11-16(7-1-2-8-16)14-5-4-10-22-14/h4-5,10,12-13H,1-3,6-9,11H2,(H,18,21). The highest BCUT2D eigenvalue weighted by molar-refractivity contribution is 7.10. The van der Waals surface area contributed by atoms with Crippen molar-refractivity contribution in [3.8, 4) is 0 Å². The molecule has 0 aromatic carbocycles. The molecule has 2 aromatic rings. The van der Waals surface area contributed by atoms with Crippen molar-refractivity contribution in [2.75, 3.05) is 6.54 Å². The van der Waals surface area contributed by atoms with E-state index < -0.39 is 0 Å². The predicted octanol–water partition coefficient (Wildman–Crippen LogP) is 2.75. The maximum atomic E-state index is 12.1. The fourth-order valence-corrected chi connectivity index (χ4v) is 4.24. The van der Waals surface area contributed by atoms with E-state index in [0.29, 0.717) is 6.42 Å². The summed E-state index contributed by atoms with van der Waals surface area (Å²) in [4.78, 5) is 17.4. The van der Waals surface area contributed by atoms with Crippen LogP contribution in [0.4, 0.5) is 0 Å². The average Bonchev–Trinajstić information content (AvgIpc) is 3.26. The Bertz CT molecular complexity index is 573. The molecular formula is C16H22N4OS. The monoisotopic (exact) mass is 318 g/mol. The molecule has 0 saturated heterocycles. The predicted molar refractivity (Wildman–Crippen MR) is 86.7 cm³/mol. The number of nitrogens with zero attached hydrogens (tertiary/aromatic N) is 3. The average molecular weight is 318 g/mol. The summed E-state index contributed by atoms with van der Waals surface area (Å²) in [5.74, 6) is 0.142. The maximum Gasteiger partial charge on any atom is 0.220 e. The number of rotatable bonds is 7. The quantitative estimate of drug-likeness (QED) is 0.854. The summed E-state index contributed by atoms with van der Waals surface area (Å²) < 4.78 is 1.76. The van der Waals surface area contributed by atoms with Crippen LogP contribution in [0.15, 0.2) is 30.2 Å². The molecule has 1 fully saturated rings. The lowest BCUT2D eigenvalue weighted by Gasteiger charge is -2.28. The number of hydrogen-bond acceptors (Lipinski definition) is 4. The number of aromatic nitrogens is 3. The molecule has 1 aliphatic rings. The number of hydrogen-bond donors (Lipinski definition) is 1. The van der Waals surface area contributed by atoms with Gasteiger partial charge in [-0.3, -0.25) is 9.48 Å². The number of carbonyl (C=O) groups is 1. The van der Waals surface area contributed by atoms with Gasteiger partial charge in [-0.1, -0.05) is 18.9 Å². The first-order chi connectivity index (χ1) is 10.8. The molecule has 3 rings (SSSR count). The van der Waals surface area contributed by atoms with Crippen LogP contribution in [0.3, 0.4) is 0 Å². The molecule has 0 spiro atoms. The molecule has 0 aliphatic heterocycles. The van der Waals surface area contributed by atoms with Gasteiger partial charge in [0, 0.05) is 29.8 Å². The van der Waals surface area contributed by atoms with Crippen LogP contribution in [0.5, 0.6) is 0 Å². The summed E-state index contributed by atoms with van der Waals surface area (Å²) in [6.45, 7) is 1.51. The molecule has 0 atom stereocenters. The first-order valence-corrected chi connectivity index (χ1v) is 8.80. The van der Waals surface area contributed by atoms with E-state index in [-0.39, 0.29) is 11.3 Å². The maximum absolute atomic E-state index is 12.1. The van der Waals surface area contributed by atoms with Crippen molar-refractivity contribution in [2.45, 2.75) is 50.5 Å². The third-order valence-electron chi connectivity index (χ3n) is 4.49. The van der Waals surface area contributed by atoms with Crippen molar-refractivity contribution in [3.63, 3.8) is 0 Å². The van der Waals surface area contributed by atoms with Crippen LogP contribution < -0.4 is 5.32 Å². The van der Waals surface area contributed by atoms with Crippen molar-refractivity contribution in [3.05, 3.63) is 35.0 Å². The third kappa shape index (κ3) is 3.55. The van der Waals surface area contributed by atoms with Gasteiger partial charge >= 0.3 is 0 Å². The molecular weight excluding hydrogens is 296 g/mol. The van der Waals surface area contributed by atoms with Gasteiger partial charge in [-0.05, 0) is 30.7 Å². The Labute approximate surface area is 134 Å². The van der Waals surface area contributed by atoms with Gasteiger partial charge in [0.05, 0.1) is 0 Å². The normalized spacial score (nSPS) is 16.7. The van der Waals surface area contributed by atoms with Crippen LogP contribution in [0.1, 0.15) is 43.4 Å². The van der Waals surface area contributed by atoms with Crippen molar-refractivity contribution in [1.29, 1.82) is 0 Å². The van der Waals surface area contributed by atoms with Crippen LogP contribution in [-0.4, -0.2) is 27.2 Å². The van der Waals surface area contributed by atoms with E-state index in [2.05, 4.69) is 32.9 Å². The van der Waals surface area contributed by atoms with E-state index in [1.54, 1.807) is 11.0 Å². The summed E-state index contributed by atoms with van der Waals surface area (Å²) in [5.41, 5.74) is 0.176. The van der Waals surface area contributed by atoms with Gasteiger partial charge in [0.25, 0.3) is 0 Å². The van der Waals surface area contributed by atoms with E-state index in [0.717, 1.165) is 19.5 Å². The Hall–Kier alpha value is -1.69. The summed E-state index contributed by atoms with van der Waals surface area (Å²) >= 11 is 1.82. The topological polar surface area (TPSA) is 59.8 Å². The minimum Gasteiger partial charge on any atom is -0.355 e. The van der Waals surface area contributed by atoms with E-state index in [4.69, 9.17) is 0 Å². The first kappa shape index (κ1) is 15.2. The van der Waals surface area contributed by atoms with Gasteiger partial charge in [-0.15, -0.1) is 11.3 Å². The SMILES string of the molecule is O=C(CCCn1cncn1)NCC1(c2cccs2)CCCC1. The number of carbonyl (C=O) groups excluding carboxylic acids is 1. The molecule has 2 heterocycles. The minimum atomic E-state index is 0.142. The summed E-state index contributed by atoms with van der Waals surface area (Å²) in [7, 11) is 0. The Morgan fingerprint density at radius 3 is 2.95 bits per heavy atom. The Morgan fingerprint density at radius 1 is 1.41 bits per heavy atom. The fourth-order valence-electron chi connectivity index (χ4n) is 3.25. The molecule has 118 valence electrons. The zero-order valence-electron chi connectivity index (χ0n) is 12.7. The van der Waals surface area contributed by atoms with Gasteiger partial charge in [0.1, 0.15) is 12.7 Å². The third-order valence-corrected chi connectivity index (χ3v) is 5.60. The second-order valence-electron chi connectivity index (χ2n) is 6.00. The molecule has 0 unspecified atom stereocenters. The second-order valence-corrected chi connectivity index (χ2v) is 6.95. The molecule has 0 radical (unpaired) electrons. The van der Waals surface area contributed by atoms with E-state index in [9.17, 15) is 4.79 Å². The van der Waals surface area contributed by atoms with Crippen molar-refractivity contribution < 1.29 is 4.79 Å². The van der Waals surface area contributed by atoms with Gasteiger partial charge in [-0.25, -0.2) is 4.98 Å². The Morgan fingerprint density at radius 2 is 2.27 bits per heavy atom. The van der Waals surface area contributed by atoms with Crippen molar-refractivity contribution in [1.82, 2.24) is 20.1 Å². The second kappa shape index (κ2) is 7.05. The lowest BCUT2D eigenvalue weighted by molar-refractivity contribution is -0.121. The zero-order chi connectivity index (χ0) is 15.3. The Balaban J connectivity index is 1.47. The molecule has 1 saturated carbocycles. The highest BCUT2D eigenvalue weighted by Crippen LogP contribution is 2.42. The smallest absolute Gasteiger partial charge is 0.220 e. The summed E-state index contributed by atoms with van der Waals surface area (Å²) in [5, 5.41) is 9.33. The molecule has 2 aromatic heterocycles. The lowest BCUT2D eigenvalue weighted by Crippen LogP contribution is -2.38. The number of nitrogens with one attached hydrogen (secondary N) is 1. The lowest BCUT2D eigenvalue weighted by atomic mass is 9.84.